The van der Waals surface area contributed by atoms with Crippen molar-refractivity contribution < 1.29 is 18.7 Å². The number of carbonyl (C=O) groups is 2. The van der Waals surface area contributed by atoms with E-state index in [0.717, 1.165) is 16.8 Å². The van der Waals surface area contributed by atoms with E-state index in [1.54, 1.807) is 24.0 Å². The summed E-state index contributed by atoms with van der Waals surface area (Å²) in [7, 11) is 0. The Balaban J connectivity index is 1.39. The second-order valence-corrected chi connectivity index (χ2v) is 10.3. The standard InChI is InChI=1S/C27H25Cl2FN4O3/c1-16-3-6-22-19(11-16)27(14-34(22)26(36)21-12-32-23(13-31-21)37-15-30)7-9-33(10-8-27)25(35)18-4-5-20(28)17(2)24(18)29/h3-6,11-13H,7-10,14-15H2,1-2H3. The minimum atomic E-state index is -1.02. The van der Waals surface area contributed by atoms with Gasteiger partial charge < -0.3 is 14.5 Å². The predicted octanol–water partition coefficient (Wildman–Crippen LogP) is 5.54. The molecule has 2 amide bonds. The Kier molecular flexibility index (Phi) is 6.81. The number of alkyl halides is 1. The minimum absolute atomic E-state index is 0.0148. The number of amides is 2. The number of aryl methyl sites for hydroxylation is 1. The van der Waals surface area contributed by atoms with Gasteiger partial charge in [-0.15, -0.1) is 0 Å². The van der Waals surface area contributed by atoms with Crippen LogP contribution in [0.1, 0.15) is 50.4 Å². The zero-order chi connectivity index (χ0) is 26.3. The van der Waals surface area contributed by atoms with Crippen LogP contribution in [0, 0.1) is 13.8 Å². The van der Waals surface area contributed by atoms with Crippen LogP contribution in [0.25, 0.3) is 0 Å². The van der Waals surface area contributed by atoms with Gasteiger partial charge >= 0.3 is 0 Å². The first-order valence-electron chi connectivity index (χ1n) is 11.9. The number of anilines is 1. The topological polar surface area (TPSA) is 75.6 Å². The summed E-state index contributed by atoms with van der Waals surface area (Å²) in [6, 6.07) is 9.43. The molecule has 3 aromatic rings. The van der Waals surface area contributed by atoms with E-state index in [4.69, 9.17) is 27.9 Å². The first-order chi connectivity index (χ1) is 17.7. The Morgan fingerprint density at radius 3 is 2.49 bits per heavy atom. The number of piperidine rings is 1. The molecule has 37 heavy (non-hydrogen) atoms. The summed E-state index contributed by atoms with van der Waals surface area (Å²) in [5.74, 6) is -0.398. The van der Waals surface area contributed by atoms with Gasteiger partial charge in [-0.25, -0.2) is 14.4 Å². The molecule has 10 heteroatoms. The maximum absolute atomic E-state index is 13.5. The molecule has 5 rings (SSSR count). The fourth-order valence-electron chi connectivity index (χ4n) is 5.22. The normalized spacial score (nSPS) is 16.1. The van der Waals surface area contributed by atoms with Crippen molar-refractivity contribution in [1.29, 1.82) is 0 Å². The number of carbonyl (C=O) groups excluding carboxylic acids is 2. The summed E-state index contributed by atoms with van der Waals surface area (Å²) in [5.41, 5.74) is 4.01. The molecule has 0 unspecified atom stereocenters. The summed E-state index contributed by atoms with van der Waals surface area (Å²) >= 11 is 12.6. The van der Waals surface area contributed by atoms with Crippen LogP contribution in [0.15, 0.2) is 42.7 Å². The van der Waals surface area contributed by atoms with Crippen molar-refractivity contribution >= 4 is 40.7 Å². The van der Waals surface area contributed by atoms with Crippen LogP contribution < -0.4 is 9.64 Å². The zero-order valence-corrected chi connectivity index (χ0v) is 21.9. The van der Waals surface area contributed by atoms with Gasteiger partial charge in [-0.2, -0.15) is 0 Å². The van der Waals surface area contributed by atoms with Gasteiger partial charge in [0.1, 0.15) is 5.69 Å². The van der Waals surface area contributed by atoms with E-state index >= 15 is 0 Å². The van der Waals surface area contributed by atoms with Crippen LogP contribution in [0.5, 0.6) is 5.88 Å². The van der Waals surface area contributed by atoms with Gasteiger partial charge in [0.05, 0.1) is 23.0 Å². The molecule has 1 aromatic heterocycles. The van der Waals surface area contributed by atoms with Gasteiger partial charge in [0.25, 0.3) is 11.8 Å². The summed E-state index contributed by atoms with van der Waals surface area (Å²) in [6.45, 7) is 4.33. The largest absolute Gasteiger partial charge is 0.445 e. The molecule has 0 bridgehead atoms. The third-order valence-corrected chi connectivity index (χ3v) is 8.22. The average Bonchev–Trinajstić information content (AvgIpc) is 3.20. The van der Waals surface area contributed by atoms with E-state index in [2.05, 4.69) is 16.0 Å². The second-order valence-electron chi connectivity index (χ2n) is 9.51. The molecule has 7 nitrogen and oxygen atoms in total. The van der Waals surface area contributed by atoms with Crippen molar-refractivity contribution in [3.05, 3.63) is 80.7 Å². The number of aromatic nitrogens is 2. The van der Waals surface area contributed by atoms with Crippen molar-refractivity contribution in [3.8, 4) is 5.88 Å². The third kappa shape index (κ3) is 4.53. The highest BCUT2D eigenvalue weighted by molar-refractivity contribution is 6.38. The van der Waals surface area contributed by atoms with Gasteiger partial charge in [0.2, 0.25) is 12.7 Å². The third-order valence-electron chi connectivity index (χ3n) is 7.33. The van der Waals surface area contributed by atoms with E-state index in [-0.39, 0.29) is 28.8 Å². The molecule has 0 radical (unpaired) electrons. The maximum Gasteiger partial charge on any atom is 0.278 e. The van der Waals surface area contributed by atoms with Gasteiger partial charge in [0.15, 0.2) is 0 Å². The lowest BCUT2D eigenvalue weighted by atomic mass is 9.74. The van der Waals surface area contributed by atoms with Crippen molar-refractivity contribution in [2.24, 2.45) is 0 Å². The first-order valence-corrected chi connectivity index (χ1v) is 12.7. The Hall–Kier alpha value is -3.23. The summed E-state index contributed by atoms with van der Waals surface area (Å²) in [5, 5.41) is 0.900. The molecule has 2 aliphatic heterocycles. The smallest absolute Gasteiger partial charge is 0.278 e. The molecule has 2 aromatic carbocycles. The monoisotopic (exact) mass is 542 g/mol. The summed E-state index contributed by atoms with van der Waals surface area (Å²) in [6.07, 6.45) is 3.92. The molecule has 1 spiro atoms. The SMILES string of the molecule is Cc1ccc2c(c1)C1(CCN(C(=O)c3ccc(Cl)c(C)c3Cl)CC1)CN2C(=O)c1cnc(OCF)cn1. The molecule has 0 N–H and O–H groups in total. The Bertz CT molecular complexity index is 1370. The van der Waals surface area contributed by atoms with Gasteiger partial charge in [-0.1, -0.05) is 40.9 Å². The number of likely N-dealkylation sites (tertiary alicyclic amines) is 1. The lowest BCUT2D eigenvalue weighted by Gasteiger charge is -2.40. The van der Waals surface area contributed by atoms with Crippen LogP contribution in [-0.2, 0) is 5.41 Å². The van der Waals surface area contributed by atoms with E-state index < -0.39 is 6.86 Å². The van der Waals surface area contributed by atoms with Gasteiger partial charge in [-0.05, 0) is 56.0 Å². The van der Waals surface area contributed by atoms with E-state index in [9.17, 15) is 14.0 Å². The number of hydrogen-bond donors (Lipinski definition) is 0. The van der Waals surface area contributed by atoms with Gasteiger partial charge in [-0.3, -0.25) is 9.59 Å². The maximum atomic E-state index is 13.5. The number of hydrogen-bond acceptors (Lipinski definition) is 5. The minimum Gasteiger partial charge on any atom is -0.445 e. The zero-order valence-electron chi connectivity index (χ0n) is 20.4. The number of rotatable bonds is 4. The van der Waals surface area contributed by atoms with Crippen molar-refractivity contribution in [2.45, 2.75) is 32.1 Å². The molecular formula is C27H25Cl2FN4O3. The fraction of sp³-hybridized carbons (Fsp3) is 0.333. The molecule has 192 valence electrons. The van der Waals surface area contributed by atoms with Crippen molar-refractivity contribution in [2.75, 3.05) is 31.4 Å². The molecule has 1 saturated heterocycles. The number of ether oxygens (including phenoxy) is 1. The van der Waals surface area contributed by atoms with Crippen LogP contribution in [-0.4, -0.2) is 53.2 Å². The highest BCUT2D eigenvalue weighted by Gasteiger charge is 2.47. The summed E-state index contributed by atoms with van der Waals surface area (Å²) < 4.78 is 17.1. The molecular weight excluding hydrogens is 518 g/mol. The number of nitrogens with zero attached hydrogens (tertiary/aromatic N) is 4. The van der Waals surface area contributed by atoms with E-state index in [1.807, 2.05) is 24.0 Å². The molecule has 1 fully saturated rings. The van der Waals surface area contributed by atoms with Crippen molar-refractivity contribution in [1.82, 2.24) is 14.9 Å². The molecule has 3 heterocycles. The average molecular weight is 543 g/mol. The summed E-state index contributed by atoms with van der Waals surface area (Å²) in [4.78, 5) is 38.4. The Labute approximate surface area is 224 Å². The Morgan fingerprint density at radius 1 is 1.05 bits per heavy atom. The number of fused-ring (bicyclic) bond motifs is 2. The van der Waals surface area contributed by atoms with Crippen LogP contribution in [0.3, 0.4) is 0 Å². The number of benzene rings is 2. The van der Waals surface area contributed by atoms with Crippen LogP contribution in [0.4, 0.5) is 10.1 Å². The predicted molar refractivity (Wildman–Crippen MR) is 140 cm³/mol. The number of halogens is 3. The molecule has 0 atom stereocenters. The Morgan fingerprint density at radius 2 is 1.81 bits per heavy atom. The molecule has 0 aliphatic carbocycles. The van der Waals surface area contributed by atoms with Gasteiger partial charge in [0, 0.05) is 35.8 Å². The van der Waals surface area contributed by atoms with E-state index in [0.29, 0.717) is 53.6 Å². The molecule has 0 saturated carbocycles. The van der Waals surface area contributed by atoms with E-state index in [1.165, 1.54) is 12.4 Å². The van der Waals surface area contributed by atoms with Crippen molar-refractivity contribution in [3.63, 3.8) is 0 Å². The lowest BCUT2D eigenvalue weighted by Crippen LogP contribution is -2.48. The lowest BCUT2D eigenvalue weighted by molar-refractivity contribution is 0.0670. The van der Waals surface area contributed by atoms with Crippen LogP contribution >= 0.6 is 23.2 Å². The highest BCUT2D eigenvalue weighted by atomic mass is 35.5. The van der Waals surface area contributed by atoms with Crippen LogP contribution in [0.2, 0.25) is 10.0 Å². The fourth-order valence-corrected chi connectivity index (χ4v) is 5.67. The first kappa shape index (κ1) is 25.4. The second kappa shape index (κ2) is 9.91. The quantitative estimate of drug-likeness (QED) is 0.432. The molecule has 2 aliphatic rings. The highest BCUT2D eigenvalue weighted by Crippen LogP contribution is 2.48.